The number of nitrogens with zero attached hydrogens (tertiary/aromatic N) is 1. The molecule has 0 aliphatic rings. The van der Waals surface area contributed by atoms with Gasteiger partial charge in [-0.15, -0.1) is 0 Å². The highest BCUT2D eigenvalue weighted by Gasteiger charge is 2.13. The van der Waals surface area contributed by atoms with E-state index in [1.54, 1.807) is 12.1 Å². The van der Waals surface area contributed by atoms with E-state index < -0.39 is 16.6 Å². The molecule has 0 radical (unpaired) electrons. The molecule has 6 heteroatoms. The molecule has 0 atom stereocenters. The number of allylic oxidation sites excluding steroid dienone is 1. The molecule has 0 fully saturated rings. The van der Waals surface area contributed by atoms with Crippen LogP contribution < -0.4 is 9.61 Å². The SMILES string of the molecule is O=C(/C=C/c1ccccc1Oc1ccccc1)n1c(=O)sc2cc(F)ccc21. The standard InChI is InChI=1S/C22H14FNO3S/c23-16-11-12-18-20(14-16)28-22(26)24(18)21(25)13-10-15-6-4-5-9-19(15)27-17-7-2-1-3-8-17/h1-14H/b13-10+. The van der Waals surface area contributed by atoms with Crippen LogP contribution in [0, 0.1) is 5.82 Å². The average Bonchev–Trinajstić information content (AvgIpc) is 3.02. The topological polar surface area (TPSA) is 48.3 Å². The Morgan fingerprint density at radius 3 is 2.57 bits per heavy atom. The van der Waals surface area contributed by atoms with Gasteiger partial charge in [-0.3, -0.25) is 9.59 Å². The van der Waals surface area contributed by atoms with Crippen LogP contribution in [0.5, 0.6) is 11.5 Å². The fourth-order valence-electron chi connectivity index (χ4n) is 2.76. The lowest BCUT2D eigenvalue weighted by atomic mass is 10.2. The second-order valence-electron chi connectivity index (χ2n) is 5.94. The summed E-state index contributed by atoms with van der Waals surface area (Å²) in [5, 5.41) is 0. The Morgan fingerprint density at radius 1 is 1.00 bits per heavy atom. The molecule has 4 rings (SSSR count). The minimum Gasteiger partial charge on any atom is -0.457 e. The van der Waals surface area contributed by atoms with Crippen LogP contribution in [0.4, 0.5) is 4.39 Å². The Morgan fingerprint density at radius 2 is 1.75 bits per heavy atom. The van der Waals surface area contributed by atoms with Gasteiger partial charge in [0.1, 0.15) is 17.3 Å². The van der Waals surface area contributed by atoms with E-state index >= 15 is 0 Å². The zero-order valence-electron chi connectivity index (χ0n) is 14.5. The Labute approximate surface area is 163 Å². The zero-order chi connectivity index (χ0) is 19.5. The number of para-hydroxylation sites is 2. The first-order valence-corrected chi connectivity index (χ1v) is 9.29. The number of hydrogen-bond acceptors (Lipinski definition) is 4. The molecule has 3 aromatic carbocycles. The number of halogens is 1. The van der Waals surface area contributed by atoms with E-state index in [9.17, 15) is 14.0 Å². The summed E-state index contributed by atoms with van der Waals surface area (Å²) in [4.78, 5) is 24.4. The average molecular weight is 391 g/mol. The molecule has 1 heterocycles. The van der Waals surface area contributed by atoms with Gasteiger partial charge in [0.25, 0.3) is 5.91 Å². The molecule has 4 nitrogen and oxygen atoms in total. The largest absolute Gasteiger partial charge is 0.457 e. The summed E-state index contributed by atoms with van der Waals surface area (Å²) in [5.41, 5.74) is 1.08. The van der Waals surface area contributed by atoms with E-state index in [-0.39, 0.29) is 0 Å². The van der Waals surface area contributed by atoms with Gasteiger partial charge in [-0.2, -0.15) is 0 Å². The summed E-state index contributed by atoms with van der Waals surface area (Å²) in [5.74, 6) is 0.312. The van der Waals surface area contributed by atoms with Gasteiger partial charge >= 0.3 is 4.87 Å². The third kappa shape index (κ3) is 3.63. The molecule has 28 heavy (non-hydrogen) atoms. The van der Waals surface area contributed by atoms with Crippen molar-refractivity contribution >= 4 is 33.5 Å². The predicted octanol–water partition coefficient (Wildman–Crippen LogP) is 5.35. The second-order valence-corrected chi connectivity index (χ2v) is 6.93. The van der Waals surface area contributed by atoms with E-state index in [4.69, 9.17) is 4.74 Å². The van der Waals surface area contributed by atoms with Gasteiger partial charge in [0.05, 0.1) is 10.2 Å². The Kier molecular flexibility index (Phi) is 4.87. The van der Waals surface area contributed by atoms with Gasteiger partial charge in [0.15, 0.2) is 0 Å². The minimum atomic E-state index is -0.502. The molecule has 0 amide bonds. The van der Waals surface area contributed by atoms with Crippen molar-refractivity contribution < 1.29 is 13.9 Å². The third-order valence-corrected chi connectivity index (χ3v) is 4.96. The number of aromatic nitrogens is 1. The lowest BCUT2D eigenvalue weighted by Gasteiger charge is -2.08. The van der Waals surface area contributed by atoms with E-state index in [1.807, 2.05) is 48.5 Å². The summed E-state index contributed by atoms with van der Waals surface area (Å²) in [6.45, 7) is 0. The zero-order valence-corrected chi connectivity index (χ0v) is 15.4. The summed E-state index contributed by atoms with van der Waals surface area (Å²) < 4.78 is 20.7. The van der Waals surface area contributed by atoms with Crippen LogP contribution in [0.2, 0.25) is 0 Å². The first-order valence-electron chi connectivity index (χ1n) is 8.47. The summed E-state index contributed by atoms with van der Waals surface area (Å²) in [6.07, 6.45) is 2.91. The number of fused-ring (bicyclic) bond motifs is 1. The van der Waals surface area contributed by atoms with Gasteiger partial charge in [0, 0.05) is 11.6 Å². The summed E-state index contributed by atoms with van der Waals surface area (Å²) >= 11 is 0.836. The molecule has 0 aliphatic heterocycles. The number of carbonyl (C=O) groups excluding carboxylic acids is 1. The van der Waals surface area contributed by atoms with E-state index in [0.717, 1.165) is 15.9 Å². The second kappa shape index (κ2) is 7.62. The van der Waals surface area contributed by atoms with Crippen LogP contribution in [0.25, 0.3) is 16.3 Å². The van der Waals surface area contributed by atoms with Crippen molar-refractivity contribution in [1.82, 2.24) is 4.57 Å². The fraction of sp³-hybridized carbons (Fsp3) is 0. The molecular formula is C22H14FNO3S. The number of benzene rings is 3. The van der Waals surface area contributed by atoms with Crippen LogP contribution >= 0.6 is 11.3 Å². The first kappa shape index (κ1) is 17.9. The summed E-state index contributed by atoms with van der Waals surface area (Å²) in [7, 11) is 0. The van der Waals surface area contributed by atoms with Gasteiger partial charge in [-0.1, -0.05) is 47.7 Å². The maximum atomic E-state index is 13.4. The highest BCUT2D eigenvalue weighted by molar-refractivity contribution is 7.16. The Balaban J connectivity index is 1.64. The van der Waals surface area contributed by atoms with Crippen molar-refractivity contribution in [1.29, 1.82) is 0 Å². The molecular weight excluding hydrogens is 377 g/mol. The lowest BCUT2D eigenvalue weighted by Crippen LogP contribution is -2.19. The van der Waals surface area contributed by atoms with Crippen molar-refractivity contribution in [3.63, 3.8) is 0 Å². The molecule has 4 aromatic rings. The summed E-state index contributed by atoms with van der Waals surface area (Å²) in [6, 6.07) is 20.5. The first-order chi connectivity index (χ1) is 13.6. The van der Waals surface area contributed by atoms with E-state index in [1.165, 1.54) is 24.3 Å². The van der Waals surface area contributed by atoms with Crippen molar-refractivity contribution in [2.75, 3.05) is 0 Å². The number of ether oxygens (including phenoxy) is 1. The molecule has 0 saturated heterocycles. The number of hydrogen-bond donors (Lipinski definition) is 0. The van der Waals surface area contributed by atoms with Crippen LogP contribution in [0.15, 0.2) is 83.7 Å². The normalized spacial score (nSPS) is 11.2. The molecule has 0 saturated carbocycles. The van der Waals surface area contributed by atoms with Crippen LogP contribution in [-0.4, -0.2) is 10.5 Å². The predicted molar refractivity (Wildman–Crippen MR) is 109 cm³/mol. The molecule has 1 aromatic heterocycles. The van der Waals surface area contributed by atoms with Crippen LogP contribution in [0.3, 0.4) is 0 Å². The van der Waals surface area contributed by atoms with Crippen molar-refractivity contribution in [2.24, 2.45) is 0 Å². The Bertz CT molecular complexity index is 1240. The Hall–Kier alpha value is -3.51. The molecule has 138 valence electrons. The molecule has 0 spiro atoms. The third-order valence-electron chi connectivity index (χ3n) is 4.06. The highest BCUT2D eigenvalue weighted by atomic mass is 32.1. The maximum absolute atomic E-state index is 13.4. The highest BCUT2D eigenvalue weighted by Crippen LogP contribution is 2.26. The van der Waals surface area contributed by atoms with Crippen molar-refractivity contribution in [2.45, 2.75) is 0 Å². The van der Waals surface area contributed by atoms with Crippen LogP contribution in [0.1, 0.15) is 10.4 Å². The molecule has 0 aliphatic carbocycles. The van der Waals surface area contributed by atoms with Gasteiger partial charge in [0.2, 0.25) is 0 Å². The van der Waals surface area contributed by atoms with Gasteiger partial charge in [-0.05, 0) is 42.5 Å². The van der Waals surface area contributed by atoms with Gasteiger partial charge < -0.3 is 4.74 Å². The lowest BCUT2D eigenvalue weighted by molar-refractivity contribution is 0.0972. The minimum absolute atomic E-state index is 0.389. The number of thiazole rings is 1. The van der Waals surface area contributed by atoms with E-state index in [2.05, 4.69) is 0 Å². The van der Waals surface area contributed by atoms with Crippen molar-refractivity contribution in [3.05, 3.63) is 99.9 Å². The fourth-order valence-corrected chi connectivity index (χ4v) is 3.67. The molecule has 0 unspecified atom stereocenters. The van der Waals surface area contributed by atoms with Crippen LogP contribution in [-0.2, 0) is 0 Å². The van der Waals surface area contributed by atoms with Gasteiger partial charge in [-0.25, -0.2) is 8.96 Å². The molecule has 0 N–H and O–H groups in total. The monoisotopic (exact) mass is 391 g/mol. The molecule has 0 bridgehead atoms. The number of carbonyl (C=O) groups is 1. The maximum Gasteiger partial charge on any atom is 0.315 e. The smallest absolute Gasteiger partial charge is 0.315 e. The number of rotatable bonds is 4. The van der Waals surface area contributed by atoms with E-state index in [0.29, 0.717) is 27.3 Å². The quantitative estimate of drug-likeness (QED) is 0.441. The van der Waals surface area contributed by atoms with Crippen molar-refractivity contribution in [3.8, 4) is 11.5 Å².